The first kappa shape index (κ1) is 15.6. The maximum atomic E-state index is 12.1. The third-order valence-corrected chi connectivity index (χ3v) is 3.30. The van der Waals surface area contributed by atoms with Crippen molar-refractivity contribution in [2.75, 3.05) is 7.11 Å². The normalized spacial score (nSPS) is 10.0. The van der Waals surface area contributed by atoms with Crippen LogP contribution in [0, 0.1) is 0 Å². The van der Waals surface area contributed by atoms with Crippen LogP contribution < -0.4 is 0 Å². The zero-order chi connectivity index (χ0) is 15.9. The standard InChI is InChI=1S/C18H16O4/c1-22-18(21)15-9-7-14(8-10-15)17(20)12-11-16(19)13-5-3-2-4-6-13/h2-10H,11-12H2,1H3. The predicted molar refractivity (Wildman–Crippen MR) is 82.1 cm³/mol. The van der Waals surface area contributed by atoms with Gasteiger partial charge in [0.05, 0.1) is 12.7 Å². The molecular formula is C18H16O4. The first-order valence-corrected chi connectivity index (χ1v) is 6.91. The van der Waals surface area contributed by atoms with Gasteiger partial charge in [0.15, 0.2) is 11.6 Å². The van der Waals surface area contributed by atoms with Crippen LogP contribution in [-0.2, 0) is 4.74 Å². The molecule has 0 aliphatic carbocycles. The number of carbonyl (C=O) groups is 3. The average molecular weight is 296 g/mol. The minimum Gasteiger partial charge on any atom is -0.465 e. The average Bonchev–Trinajstić information content (AvgIpc) is 2.59. The lowest BCUT2D eigenvalue weighted by atomic mass is 10.0. The summed E-state index contributed by atoms with van der Waals surface area (Å²) in [6.07, 6.45) is 0.312. The molecule has 4 heteroatoms. The van der Waals surface area contributed by atoms with E-state index in [-0.39, 0.29) is 24.4 Å². The third-order valence-electron chi connectivity index (χ3n) is 3.30. The van der Waals surface area contributed by atoms with Gasteiger partial charge in [-0.25, -0.2) is 4.79 Å². The van der Waals surface area contributed by atoms with Crippen LogP contribution in [0.4, 0.5) is 0 Å². The van der Waals surface area contributed by atoms with Gasteiger partial charge < -0.3 is 4.74 Å². The molecule has 0 bridgehead atoms. The molecule has 112 valence electrons. The minimum atomic E-state index is -0.446. The molecule has 0 radical (unpaired) electrons. The summed E-state index contributed by atoms with van der Waals surface area (Å²) in [7, 11) is 1.30. The van der Waals surface area contributed by atoms with Gasteiger partial charge in [-0.2, -0.15) is 0 Å². The summed E-state index contributed by atoms with van der Waals surface area (Å²) in [5.41, 5.74) is 1.48. The van der Waals surface area contributed by atoms with E-state index < -0.39 is 5.97 Å². The first-order chi connectivity index (χ1) is 10.6. The Bertz CT molecular complexity index is 672. The van der Waals surface area contributed by atoms with E-state index in [2.05, 4.69) is 4.74 Å². The van der Waals surface area contributed by atoms with Crippen LogP contribution in [0.15, 0.2) is 54.6 Å². The number of esters is 1. The Balaban J connectivity index is 1.95. The second-order valence-electron chi connectivity index (χ2n) is 4.78. The van der Waals surface area contributed by atoms with Gasteiger partial charge in [-0.05, 0) is 12.1 Å². The first-order valence-electron chi connectivity index (χ1n) is 6.91. The van der Waals surface area contributed by atoms with Crippen LogP contribution >= 0.6 is 0 Å². The van der Waals surface area contributed by atoms with Crippen molar-refractivity contribution in [2.45, 2.75) is 12.8 Å². The van der Waals surface area contributed by atoms with Crippen molar-refractivity contribution in [2.24, 2.45) is 0 Å². The summed E-state index contributed by atoms with van der Waals surface area (Å²) < 4.78 is 4.60. The molecule has 0 aliphatic heterocycles. The number of hydrogen-bond acceptors (Lipinski definition) is 4. The number of hydrogen-bond donors (Lipinski definition) is 0. The predicted octanol–water partition coefficient (Wildman–Crippen LogP) is 3.32. The Labute approximate surface area is 128 Å². The molecule has 0 saturated carbocycles. The van der Waals surface area contributed by atoms with Gasteiger partial charge in [0.2, 0.25) is 0 Å². The smallest absolute Gasteiger partial charge is 0.337 e. The maximum absolute atomic E-state index is 12.1. The number of methoxy groups -OCH3 is 1. The molecular weight excluding hydrogens is 280 g/mol. The molecule has 0 unspecified atom stereocenters. The second-order valence-corrected chi connectivity index (χ2v) is 4.78. The van der Waals surface area contributed by atoms with Crippen LogP contribution in [0.1, 0.15) is 43.9 Å². The van der Waals surface area contributed by atoms with E-state index in [1.165, 1.54) is 19.2 Å². The van der Waals surface area contributed by atoms with E-state index in [1.54, 1.807) is 36.4 Å². The summed E-state index contributed by atoms with van der Waals surface area (Å²) in [6.45, 7) is 0. The van der Waals surface area contributed by atoms with Crippen molar-refractivity contribution in [3.63, 3.8) is 0 Å². The summed E-state index contributed by atoms with van der Waals surface area (Å²) in [6, 6.07) is 15.1. The molecule has 0 atom stereocenters. The zero-order valence-electron chi connectivity index (χ0n) is 12.2. The van der Waals surface area contributed by atoms with Crippen LogP contribution in [-0.4, -0.2) is 24.6 Å². The molecule has 22 heavy (non-hydrogen) atoms. The maximum Gasteiger partial charge on any atom is 0.337 e. The van der Waals surface area contributed by atoms with Crippen molar-refractivity contribution in [3.05, 3.63) is 71.3 Å². The molecule has 0 saturated heterocycles. The van der Waals surface area contributed by atoms with Crippen LogP contribution in [0.3, 0.4) is 0 Å². The number of benzene rings is 2. The molecule has 0 fully saturated rings. The van der Waals surface area contributed by atoms with Gasteiger partial charge in [0, 0.05) is 24.0 Å². The number of carbonyl (C=O) groups excluding carboxylic acids is 3. The summed E-state index contributed by atoms with van der Waals surface area (Å²) in [4.78, 5) is 35.3. The van der Waals surface area contributed by atoms with Gasteiger partial charge in [0.1, 0.15) is 0 Å². The molecule has 0 N–H and O–H groups in total. The summed E-state index contributed by atoms with van der Waals surface area (Å²) in [5, 5.41) is 0. The van der Waals surface area contributed by atoms with Crippen LogP contribution in [0.5, 0.6) is 0 Å². The van der Waals surface area contributed by atoms with Crippen molar-refractivity contribution < 1.29 is 19.1 Å². The Hall–Kier alpha value is -2.75. The van der Waals surface area contributed by atoms with Gasteiger partial charge in [0.25, 0.3) is 0 Å². The summed E-state index contributed by atoms with van der Waals surface area (Å²) >= 11 is 0. The largest absolute Gasteiger partial charge is 0.465 e. The molecule has 0 aliphatic rings. The quantitative estimate of drug-likeness (QED) is 0.606. The molecule has 2 aromatic rings. The Morgan fingerprint density at radius 1 is 0.727 bits per heavy atom. The van der Waals surface area contributed by atoms with Gasteiger partial charge in [-0.1, -0.05) is 42.5 Å². The van der Waals surface area contributed by atoms with Crippen LogP contribution in [0.25, 0.3) is 0 Å². The second kappa shape index (κ2) is 7.31. The number of Topliss-reactive ketones (excluding diaryl/α,β-unsaturated/α-hetero) is 2. The van der Waals surface area contributed by atoms with E-state index in [9.17, 15) is 14.4 Å². The fourth-order valence-corrected chi connectivity index (χ4v) is 2.05. The Morgan fingerprint density at radius 3 is 1.68 bits per heavy atom. The van der Waals surface area contributed by atoms with Crippen molar-refractivity contribution in [1.82, 2.24) is 0 Å². The monoisotopic (exact) mass is 296 g/mol. The lowest BCUT2D eigenvalue weighted by Gasteiger charge is -2.03. The van der Waals surface area contributed by atoms with Crippen molar-refractivity contribution in [3.8, 4) is 0 Å². The molecule has 0 heterocycles. The molecule has 0 spiro atoms. The van der Waals surface area contributed by atoms with Gasteiger partial charge in [-0.3, -0.25) is 9.59 Å². The van der Waals surface area contributed by atoms with E-state index in [1.807, 2.05) is 6.07 Å². The van der Waals surface area contributed by atoms with E-state index in [4.69, 9.17) is 0 Å². The molecule has 2 rings (SSSR count). The highest BCUT2D eigenvalue weighted by molar-refractivity contribution is 6.02. The van der Waals surface area contributed by atoms with Gasteiger partial charge in [-0.15, -0.1) is 0 Å². The van der Waals surface area contributed by atoms with Crippen molar-refractivity contribution in [1.29, 1.82) is 0 Å². The Kier molecular flexibility index (Phi) is 5.20. The number of rotatable bonds is 6. The highest BCUT2D eigenvalue weighted by Crippen LogP contribution is 2.11. The third kappa shape index (κ3) is 3.88. The zero-order valence-corrected chi connectivity index (χ0v) is 12.2. The number of ether oxygens (including phenoxy) is 1. The minimum absolute atomic E-state index is 0.0554. The number of ketones is 2. The molecule has 2 aromatic carbocycles. The van der Waals surface area contributed by atoms with Gasteiger partial charge >= 0.3 is 5.97 Å². The van der Waals surface area contributed by atoms with E-state index in [0.717, 1.165) is 0 Å². The topological polar surface area (TPSA) is 60.4 Å². The van der Waals surface area contributed by atoms with E-state index in [0.29, 0.717) is 16.7 Å². The lowest BCUT2D eigenvalue weighted by molar-refractivity contribution is 0.0600. The molecule has 0 aromatic heterocycles. The van der Waals surface area contributed by atoms with Crippen molar-refractivity contribution >= 4 is 17.5 Å². The fourth-order valence-electron chi connectivity index (χ4n) is 2.05. The molecule has 0 amide bonds. The fraction of sp³-hybridized carbons (Fsp3) is 0.167. The highest BCUT2D eigenvalue weighted by Gasteiger charge is 2.12. The van der Waals surface area contributed by atoms with Crippen LogP contribution in [0.2, 0.25) is 0 Å². The highest BCUT2D eigenvalue weighted by atomic mass is 16.5. The SMILES string of the molecule is COC(=O)c1ccc(C(=O)CCC(=O)c2ccccc2)cc1. The lowest BCUT2D eigenvalue weighted by Crippen LogP contribution is -2.06. The van der Waals surface area contributed by atoms with E-state index >= 15 is 0 Å². The Morgan fingerprint density at radius 2 is 1.18 bits per heavy atom. The summed E-state index contributed by atoms with van der Waals surface area (Å²) in [5.74, 6) is -0.626. The molecule has 4 nitrogen and oxygen atoms in total.